The fourth-order valence-corrected chi connectivity index (χ4v) is 2.42. The standard InChI is InChI=1S/C20H23NO3/c1-3-18(17-7-5-4-6-8-17)20(23)24-14-19(22)21-13-16-11-9-15(2)10-12-16/h4-12,18H,3,13-14H2,1-2H3,(H,21,22). The molecule has 0 spiro atoms. The van der Waals surface area contributed by atoms with Crippen LogP contribution in [0.1, 0.15) is 36.0 Å². The fraction of sp³-hybridized carbons (Fsp3) is 0.300. The third-order valence-electron chi connectivity index (χ3n) is 3.85. The number of amides is 1. The summed E-state index contributed by atoms with van der Waals surface area (Å²) in [6.45, 7) is 4.11. The Hall–Kier alpha value is -2.62. The van der Waals surface area contributed by atoms with Gasteiger partial charge in [0.1, 0.15) is 0 Å². The molecule has 24 heavy (non-hydrogen) atoms. The molecular formula is C20H23NO3. The number of aryl methyl sites for hydroxylation is 1. The van der Waals surface area contributed by atoms with E-state index in [9.17, 15) is 9.59 Å². The highest BCUT2D eigenvalue weighted by molar-refractivity contribution is 5.83. The zero-order valence-corrected chi connectivity index (χ0v) is 14.1. The number of benzene rings is 2. The predicted molar refractivity (Wildman–Crippen MR) is 93.5 cm³/mol. The molecule has 126 valence electrons. The van der Waals surface area contributed by atoms with Gasteiger partial charge in [0.2, 0.25) is 0 Å². The van der Waals surface area contributed by atoms with Gasteiger partial charge in [-0.1, -0.05) is 67.1 Å². The van der Waals surface area contributed by atoms with Crippen molar-refractivity contribution in [2.45, 2.75) is 32.7 Å². The van der Waals surface area contributed by atoms with Gasteiger partial charge in [-0.15, -0.1) is 0 Å². The SMILES string of the molecule is CCC(C(=O)OCC(=O)NCc1ccc(C)cc1)c1ccccc1. The van der Waals surface area contributed by atoms with Crippen LogP contribution in [0.15, 0.2) is 54.6 Å². The second-order valence-corrected chi connectivity index (χ2v) is 5.74. The zero-order valence-electron chi connectivity index (χ0n) is 14.1. The molecule has 2 rings (SSSR count). The van der Waals surface area contributed by atoms with Crippen molar-refractivity contribution in [3.8, 4) is 0 Å². The summed E-state index contributed by atoms with van der Waals surface area (Å²) in [5.41, 5.74) is 3.09. The molecule has 2 aromatic carbocycles. The number of carbonyl (C=O) groups is 2. The smallest absolute Gasteiger partial charge is 0.313 e. The minimum absolute atomic E-state index is 0.256. The Morgan fingerprint density at radius 1 is 1.04 bits per heavy atom. The molecule has 0 radical (unpaired) electrons. The molecule has 0 saturated carbocycles. The van der Waals surface area contributed by atoms with Crippen LogP contribution in [0.2, 0.25) is 0 Å². The van der Waals surface area contributed by atoms with Crippen molar-refractivity contribution < 1.29 is 14.3 Å². The number of rotatable bonds is 7. The van der Waals surface area contributed by atoms with E-state index in [1.54, 1.807) is 0 Å². The summed E-state index contributed by atoms with van der Waals surface area (Å²) in [5.74, 6) is -1.00. The van der Waals surface area contributed by atoms with Crippen LogP contribution in [-0.4, -0.2) is 18.5 Å². The maximum Gasteiger partial charge on any atom is 0.313 e. The van der Waals surface area contributed by atoms with Gasteiger partial charge in [0.15, 0.2) is 6.61 Å². The van der Waals surface area contributed by atoms with Crippen LogP contribution >= 0.6 is 0 Å². The summed E-state index contributed by atoms with van der Waals surface area (Å²) in [4.78, 5) is 24.0. The summed E-state index contributed by atoms with van der Waals surface area (Å²) >= 11 is 0. The topological polar surface area (TPSA) is 55.4 Å². The number of carbonyl (C=O) groups excluding carboxylic acids is 2. The first-order chi connectivity index (χ1) is 11.6. The summed E-state index contributed by atoms with van der Waals surface area (Å²) in [6.07, 6.45) is 0.633. The zero-order chi connectivity index (χ0) is 17.4. The minimum Gasteiger partial charge on any atom is -0.455 e. The number of hydrogen-bond donors (Lipinski definition) is 1. The van der Waals surface area contributed by atoms with Crippen LogP contribution in [0.4, 0.5) is 0 Å². The van der Waals surface area contributed by atoms with Crippen LogP contribution in [0.5, 0.6) is 0 Å². The van der Waals surface area contributed by atoms with Gasteiger partial charge < -0.3 is 10.1 Å². The van der Waals surface area contributed by atoms with Crippen LogP contribution in [0, 0.1) is 6.92 Å². The van der Waals surface area contributed by atoms with E-state index in [-0.39, 0.29) is 24.4 Å². The molecule has 1 atom stereocenters. The number of hydrogen-bond acceptors (Lipinski definition) is 3. The fourth-order valence-electron chi connectivity index (χ4n) is 2.42. The highest BCUT2D eigenvalue weighted by Crippen LogP contribution is 2.20. The molecule has 0 saturated heterocycles. The second kappa shape index (κ2) is 8.87. The summed E-state index contributed by atoms with van der Waals surface area (Å²) < 4.78 is 5.17. The van der Waals surface area contributed by atoms with Crippen molar-refractivity contribution in [2.24, 2.45) is 0 Å². The van der Waals surface area contributed by atoms with E-state index in [2.05, 4.69) is 5.32 Å². The van der Waals surface area contributed by atoms with Gasteiger partial charge in [0.25, 0.3) is 5.91 Å². The maximum atomic E-state index is 12.2. The van der Waals surface area contributed by atoms with Gasteiger partial charge >= 0.3 is 5.97 Å². The van der Waals surface area contributed by atoms with Crippen LogP contribution in [-0.2, 0) is 20.9 Å². The highest BCUT2D eigenvalue weighted by Gasteiger charge is 2.20. The third-order valence-corrected chi connectivity index (χ3v) is 3.85. The van der Waals surface area contributed by atoms with Gasteiger partial charge in [-0.3, -0.25) is 9.59 Å². The largest absolute Gasteiger partial charge is 0.455 e. The molecule has 4 heteroatoms. The van der Waals surface area contributed by atoms with Crippen LogP contribution in [0.25, 0.3) is 0 Å². The molecule has 1 amide bonds. The highest BCUT2D eigenvalue weighted by atomic mass is 16.5. The van der Waals surface area contributed by atoms with Gasteiger partial charge in [0.05, 0.1) is 5.92 Å². The van der Waals surface area contributed by atoms with Crippen molar-refractivity contribution in [3.63, 3.8) is 0 Å². The van der Waals surface area contributed by atoms with E-state index in [1.165, 1.54) is 5.56 Å². The van der Waals surface area contributed by atoms with Crippen LogP contribution in [0.3, 0.4) is 0 Å². The van der Waals surface area contributed by atoms with Gasteiger partial charge in [-0.25, -0.2) is 0 Å². The first kappa shape index (κ1) is 17.7. The van der Waals surface area contributed by atoms with Crippen molar-refractivity contribution in [3.05, 3.63) is 71.3 Å². The molecule has 0 fully saturated rings. The summed E-state index contributed by atoms with van der Waals surface area (Å²) in [5, 5.41) is 2.75. The lowest BCUT2D eigenvalue weighted by Crippen LogP contribution is -2.29. The third kappa shape index (κ3) is 5.23. The number of nitrogens with one attached hydrogen (secondary N) is 1. The molecule has 1 N–H and O–H groups in total. The Balaban J connectivity index is 1.80. The average molecular weight is 325 g/mol. The van der Waals surface area contributed by atoms with Crippen molar-refractivity contribution in [1.82, 2.24) is 5.32 Å². The van der Waals surface area contributed by atoms with Gasteiger partial charge in [0, 0.05) is 6.54 Å². The molecule has 0 heterocycles. The van der Waals surface area contributed by atoms with Gasteiger partial charge in [-0.05, 0) is 24.5 Å². The summed E-state index contributed by atoms with van der Waals surface area (Å²) in [7, 11) is 0. The molecule has 4 nitrogen and oxygen atoms in total. The lowest BCUT2D eigenvalue weighted by Gasteiger charge is -2.14. The maximum absolute atomic E-state index is 12.2. The van der Waals surface area contributed by atoms with Crippen LogP contribution < -0.4 is 5.32 Å². The molecule has 2 aromatic rings. The quantitative estimate of drug-likeness (QED) is 0.794. The average Bonchev–Trinajstić information content (AvgIpc) is 2.61. The van der Waals surface area contributed by atoms with E-state index in [1.807, 2.05) is 68.4 Å². The van der Waals surface area contributed by atoms with E-state index in [4.69, 9.17) is 4.74 Å². The monoisotopic (exact) mass is 325 g/mol. The van der Waals surface area contributed by atoms with E-state index < -0.39 is 0 Å². The Bertz CT molecular complexity index is 665. The lowest BCUT2D eigenvalue weighted by molar-refractivity contribution is -0.150. The van der Waals surface area contributed by atoms with E-state index in [0.29, 0.717) is 13.0 Å². The van der Waals surface area contributed by atoms with Crippen molar-refractivity contribution in [2.75, 3.05) is 6.61 Å². The number of esters is 1. The normalized spacial score (nSPS) is 11.6. The molecule has 0 aliphatic heterocycles. The lowest BCUT2D eigenvalue weighted by atomic mass is 9.97. The molecule has 0 aliphatic rings. The second-order valence-electron chi connectivity index (χ2n) is 5.74. The van der Waals surface area contributed by atoms with Crippen molar-refractivity contribution in [1.29, 1.82) is 0 Å². The Labute approximate surface area is 142 Å². The first-order valence-corrected chi connectivity index (χ1v) is 8.14. The summed E-state index contributed by atoms with van der Waals surface area (Å²) in [6, 6.07) is 17.4. The van der Waals surface area contributed by atoms with E-state index >= 15 is 0 Å². The van der Waals surface area contributed by atoms with E-state index in [0.717, 1.165) is 11.1 Å². The molecule has 0 aliphatic carbocycles. The Morgan fingerprint density at radius 3 is 2.33 bits per heavy atom. The van der Waals surface area contributed by atoms with Crippen molar-refractivity contribution >= 4 is 11.9 Å². The molecule has 1 unspecified atom stereocenters. The van der Waals surface area contributed by atoms with Gasteiger partial charge in [-0.2, -0.15) is 0 Å². The molecule has 0 bridgehead atoms. The predicted octanol–water partition coefficient (Wildman–Crippen LogP) is 3.35. The minimum atomic E-state index is -0.366. The Morgan fingerprint density at radius 2 is 1.71 bits per heavy atom. The molecule has 0 aromatic heterocycles. The molecular weight excluding hydrogens is 302 g/mol. The first-order valence-electron chi connectivity index (χ1n) is 8.14. The number of ether oxygens (including phenoxy) is 1. The Kier molecular flexibility index (Phi) is 6.55.